The van der Waals surface area contributed by atoms with Crippen LogP contribution < -0.4 is 19.7 Å². The molecular formula is C18H17N5O2. The van der Waals surface area contributed by atoms with E-state index >= 15 is 0 Å². The van der Waals surface area contributed by atoms with E-state index in [0.717, 1.165) is 29.5 Å². The molecule has 0 atom stereocenters. The van der Waals surface area contributed by atoms with Crippen molar-refractivity contribution >= 4 is 23.1 Å². The Hall–Kier alpha value is -3.35. The van der Waals surface area contributed by atoms with Gasteiger partial charge in [0, 0.05) is 24.0 Å². The van der Waals surface area contributed by atoms with Gasteiger partial charge in [-0.3, -0.25) is 0 Å². The van der Waals surface area contributed by atoms with E-state index in [2.05, 4.69) is 32.3 Å². The molecule has 126 valence electrons. The summed E-state index contributed by atoms with van der Waals surface area (Å²) < 4.78 is 10.7. The number of fused-ring (bicyclic) bond motifs is 1. The quantitative estimate of drug-likeness (QED) is 0.765. The van der Waals surface area contributed by atoms with Gasteiger partial charge in [-0.25, -0.2) is 0 Å². The molecule has 2 heterocycles. The van der Waals surface area contributed by atoms with Crippen molar-refractivity contribution < 1.29 is 9.47 Å². The summed E-state index contributed by atoms with van der Waals surface area (Å²) in [6.07, 6.45) is 1.65. The lowest BCUT2D eigenvalue weighted by molar-refractivity contribution is 0.174. The minimum absolute atomic E-state index is 0.245. The van der Waals surface area contributed by atoms with Crippen LogP contribution in [0.4, 0.5) is 23.1 Å². The van der Waals surface area contributed by atoms with E-state index in [0.29, 0.717) is 11.7 Å². The monoisotopic (exact) mass is 335 g/mol. The molecule has 0 radical (unpaired) electrons. The number of anilines is 4. The maximum Gasteiger partial charge on any atom is 0.249 e. The van der Waals surface area contributed by atoms with Gasteiger partial charge in [0.2, 0.25) is 12.7 Å². The number of benzene rings is 2. The SMILES string of the molecule is CCN(c1ccccc1)c1cnnc(Nc2ccc3c(c2)OCO3)n1. The number of para-hydroxylation sites is 1. The summed E-state index contributed by atoms with van der Waals surface area (Å²) in [7, 11) is 0. The molecule has 7 nitrogen and oxygen atoms in total. The highest BCUT2D eigenvalue weighted by Gasteiger charge is 2.14. The van der Waals surface area contributed by atoms with Crippen LogP contribution in [-0.2, 0) is 0 Å². The van der Waals surface area contributed by atoms with Gasteiger partial charge in [-0.15, -0.1) is 5.10 Å². The summed E-state index contributed by atoms with van der Waals surface area (Å²) >= 11 is 0. The Balaban J connectivity index is 1.59. The minimum Gasteiger partial charge on any atom is -0.454 e. The molecule has 0 aliphatic carbocycles. The molecule has 1 N–H and O–H groups in total. The minimum atomic E-state index is 0.245. The predicted octanol–water partition coefficient (Wildman–Crippen LogP) is 3.50. The molecule has 0 bridgehead atoms. The normalized spacial score (nSPS) is 12.0. The van der Waals surface area contributed by atoms with Gasteiger partial charge < -0.3 is 19.7 Å². The first kappa shape index (κ1) is 15.2. The number of hydrogen-bond donors (Lipinski definition) is 1. The van der Waals surface area contributed by atoms with Crippen LogP contribution in [0.5, 0.6) is 11.5 Å². The molecule has 4 rings (SSSR count). The highest BCUT2D eigenvalue weighted by Crippen LogP contribution is 2.34. The van der Waals surface area contributed by atoms with Gasteiger partial charge in [0.15, 0.2) is 17.3 Å². The van der Waals surface area contributed by atoms with Crippen LogP contribution >= 0.6 is 0 Å². The summed E-state index contributed by atoms with van der Waals surface area (Å²) in [5, 5.41) is 11.3. The van der Waals surface area contributed by atoms with Crippen molar-refractivity contribution in [2.75, 3.05) is 23.6 Å². The molecule has 1 aromatic heterocycles. The number of rotatable bonds is 5. The third-order valence-corrected chi connectivity index (χ3v) is 3.84. The lowest BCUT2D eigenvalue weighted by atomic mass is 10.3. The van der Waals surface area contributed by atoms with Gasteiger partial charge in [-0.2, -0.15) is 10.1 Å². The van der Waals surface area contributed by atoms with Crippen molar-refractivity contribution in [1.82, 2.24) is 15.2 Å². The van der Waals surface area contributed by atoms with Crippen molar-refractivity contribution in [3.8, 4) is 11.5 Å². The predicted molar refractivity (Wildman–Crippen MR) is 94.8 cm³/mol. The summed E-state index contributed by atoms with van der Waals surface area (Å²) in [6, 6.07) is 15.7. The highest BCUT2D eigenvalue weighted by molar-refractivity contribution is 5.63. The summed E-state index contributed by atoms with van der Waals surface area (Å²) in [6.45, 7) is 3.08. The second kappa shape index (κ2) is 6.64. The zero-order valence-electron chi connectivity index (χ0n) is 13.7. The van der Waals surface area contributed by atoms with Gasteiger partial charge in [-0.1, -0.05) is 18.2 Å². The summed E-state index contributed by atoms with van der Waals surface area (Å²) in [5.74, 6) is 2.59. The first-order valence-electron chi connectivity index (χ1n) is 8.02. The Labute approximate surface area is 145 Å². The Morgan fingerprint density at radius 2 is 1.92 bits per heavy atom. The van der Waals surface area contributed by atoms with E-state index < -0.39 is 0 Å². The van der Waals surface area contributed by atoms with Gasteiger partial charge in [0.1, 0.15) is 0 Å². The molecule has 25 heavy (non-hydrogen) atoms. The molecule has 1 aliphatic rings. The zero-order chi connectivity index (χ0) is 17.1. The Kier molecular flexibility index (Phi) is 4.04. The van der Waals surface area contributed by atoms with E-state index in [-0.39, 0.29) is 6.79 Å². The van der Waals surface area contributed by atoms with Crippen LogP contribution in [0.15, 0.2) is 54.7 Å². The number of hydrogen-bond acceptors (Lipinski definition) is 7. The molecule has 0 fully saturated rings. The van der Waals surface area contributed by atoms with Gasteiger partial charge in [0.05, 0.1) is 6.20 Å². The molecule has 7 heteroatoms. The number of nitrogens with one attached hydrogen (secondary N) is 1. The van der Waals surface area contributed by atoms with Gasteiger partial charge >= 0.3 is 0 Å². The molecule has 0 amide bonds. The highest BCUT2D eigenvalue weighted by atomic mass is 16.7. The largest absolute Gasteiger partial charge is 0.454 e. The fraction of sp³-hybridized carbons (Fsp3) is 0.167. The van der Waals surface area contributed by atoms with E-state index in [1.165, 1.54) is 0 Å². The first-order valence-corrected chi connectivity index (χ1v) is 8.02. The second-order valence-corrected chi connectivity index (χ2v) is 5.41. The van der Waals surface area contributed by atoms with E-state index in [1.54, 1.807) is 6.20 Å². The molecule has 3 aromatic rings. The average Bonchev–Trinajstić information content (AvgIpc) is 3.11. The molecule has 0 saturated heterocycles. The summed E-state index contributed by atoms with van der Waals surface area (Å²) in [5.41, 5.74) is 1.87. The molecular weight excluding hydrogens is 318 g/mol. The number of aromatic nitrogens is 3. The average molecular weight is 335 g/mol. The maximum absolute atomic E-state index is 5.39. The van der Waals surface area contributed by atoms with Gasteiger partial charge in [0.25, 0.3) is 0 Å². The Bertz CT molecular complexity index is 872. The van der Waals surface area contributed by atoms with Crippen molar-refractivity contribution in [3.63, 3.8) is 0 Å². The summed E-state index contributed by atoms with van der Waals surface area (Å²) in [4.78, 5) is 6.65. The van der Waals surface area contributed by atoms with Crippen LogP contribution in [0.25, 0.3) is 0 Å². The van der Waals surface area contributed by atoms with Crippen LogP contribution in [0, 0.1) is 0 Å². The molecule has 0 saturated carbocycles. The smallest absolute Gasteiger partial charge is 0.249 e. The molecule has 2 aromatic carbocycles. The first-order chi connectivity index (χ1) is 12.3. The van der Waals surface area contributed by atoms with Crippen molar-refractivity contribution in [3.05, 3.63) is 54.7 Å². The lowest BCUT2D eigenvalue weighted by Crippen LogP contribution is -2.18. The number of ether oxygens (including phenoxy) is 2. The molecule has 0 unspecified atom stereocenters. The zero-order valence-corrected chi connectivity index (χ0v) is 13.7. The van der Waals surface area contributed by atoms with Crippen molar-refractivity contribution in [2.24, 2.45) is 0 Å². The van der Waals surface area contributed by atoms with Crippen LogP contribution in [0.2, 0.25) is 0 Å². The molecule has 0 spiro atoms. The Morgan fingerprint density at radius 3 is 2.76 bits per heavy atom. The molecule has 1 aliphatic heterocycles. The van der Waals surface area contributed by atoms with Crippen LogP contribution in [0.1, 0.15) is 6.92 Å². The van der Waals surface area contributed by atoms with Crippen molar-refractivity contribution in [1.29, 1.82) is 0 Å². The van der Waals surface area contributed by atoms with E-state index in [1.807, 2.05) is 48.5 Å². The fourth-order valence-corrected chi connectivity index (χ4v) is 2.67. The number of nitrogens with zero attached hydrogens (tertiary/aromatic N) is 4. The van der Waals surface area contributed by atoms with Gasteiger partial charge in [-0.05, 0) is 31.2 Å². The van der Waals surface area contributed by atoms with Crippen molar-refractivity contribution in [2.45, 2.75) is 6.92 Å². The third-order valence-electron chi connectivity index (χ3n) is 3.84. The van der Waals surface area contributed by atoms with E-state index in [4.69, 9.17) is 9.47 Å². The van der Waals surface area contributed by atoms with Crippen LogP contribution in [0.3, 0.4) is 0 Å². The Morgan fingerprint density at radius 1 is 1.08 bits per heavy atom. The van der Waals surface area contributed by atoms with Crippen LogP contribution in [-0.4, -0.2) is 28.5 Å². The topological polar surface area (TPSA) is 72.4 Å². The van der Waals surface area contributed by atoms with E-state index in [9.17, 15) is 0 Å². The lowest BCUT2D eigenvalue weighted by Gasteiger charge is -2.21. The third kappa shape index (κ3) is 3.16. The fourth-order valence-electron chi connectivity index (χ4n) is 2.67. The second-order valence-electron chi connectivity index (χ2n) is 5.41. The maximum atomic E-state index is 5.39. The standard InChI is InChI=1S/C18H17N5O2/c1-2-23(14-6-4-3-5-7-14)17-11-19-22-18(21-17)20-13-8-9-15-16(10-13)25-12-24-15/h3-11H,2,12H2,1H3,(H,20,21,22).